The van der Waals surface area contributed by atoms with E-state index >= 15 is 0 Å². The summed E-state index contributed by atoms with van der Waals surface area (Å²) < 4.78 is 0. The summed E-state index contributed by atoms with van der Waals surface area (Å²) in [5.41, 5.74) is 2.85. The molecule has 0 atom stereocenters. The van der Waals surface area contributed by atoms with Crippen LogP contribution in [-0.2, 0) is 21.5 Å². The molecule has 1 aliphatic carbocycles. The monoisotopic (exact) mass is 350 g/mol. The van der Waals surface area contributed by atoms with Crippen molar-refractivity contribution in [3.05, 3.63) is 71.3 Å². The molecule has 2 aromatic carbocycles. The molecule has 1 N–H and O–H groups in total. The molecule has 0 aromatic heterocycles. The van der Waals surface area contributed by atoms with Gasteiger partial charge in [-0.05, 0) is 37.8 Å². The number of nitrogens with one attached hydrogen (secondary N) is 1. The third-order valence-corrected chi connectivity index (χ3v) is 5.11. The Balaban J connectivity index is 1.59. The number of benzene rings is 2. The second-order valence-corrected chi connectivity index (χ2v) is 7.03. The van der Waals surface area contributed by atoms with Crippen LogP contribution in [0.4, 0.5) is 0 Å². The lowest BCUT2D eigenvalue weighted by molar-refractivity contribution is -0.133. The van der Waals surface area contributed by atoms with Crippen LogP contribution >= 0.6 is 0 Å². The zero-order chi connectivity index (χ0) is 18.6. The van der Waals surface area contributed by atoms with E-state index in [2.05, 4.69) is 11.4 Å². The van der Waals surface area contributed by atoms with E-state index in [4.69, 9.17) is 0 Å². The molecule has 0 aliphatic heterocycles. The first-order valence-corrected chi connectivity index (χ1v) is 9.22. The van der Waals surface area contributed by atoms with Gasteiger partial charge in [0.15, 0.2) is 0 Å². The van der Waals surface area contributed by atoms with Gasteiger partial charge < -0.3 is 10.2 Å². The predicted molar refractivity (Wildman–Crippen MR) is 103 cm³/mol. The highest BCUT2D eigenvalue weighted by molar-refractivity contribution is 5.94. The second kappa shape index (κ2) is 7.73. The van der Waals surface area contributed by atoms with Crippen molar-refractivity contribution >= 4 is 11.8 Å². The minimum Gasteiger partial charge on any atom is -0.346 e. The molecule has 1 aliphatic rings. The van der Waals surface area contributed by atoms with Gasteiger partial charge in [0, 0.05) is 13.1 Å². The van der Waals surface area contributed by atoms with Crippen LogP contribution in [-0.4, -0.2) is 29.8 Å². The van der Waals surface area contributed by atoms with Crippen LogP contribution in [0.3, 0.4) is 0 Å². The van der Waals surface area contributed by atoms with Gasteiger partial charge in [-0.2, -0.15) is 0 Å². The van der Waals surface area contributed by atoms with Crippen LogP contribution in [0.2, 0.25) is 0 Å². The maximum absolute atomic E-state index is 12.7. The number of hydrogen-bond donors (Lipinski definition) is 1. The molecule has 0 unspecified atom stereocenters. The van der Waals surface area contributed by atoms with Crippen LogP contribution in [0.1, 0.15) is 36.5 Å². The minimum atomic E-state index is -0.442. The summed E-state index contributed by atoms with van der Waals surface area (Å²) in [4.78, 5) is 27.0. The summed E-state index contributed by atoms with van der Waals surface area (Å²) in [7, 11) is 0. The highest BCUT2D eigenvalue weighted by Crippen LogP contribution is 2.48. The Hall–Kier alpha value is -2.62. The van der Waals surface area contributed by atoms with Crippen molar-refractivity contribution in [1.29, 1.82) is 0 Å². The first-order valence-electron chi connectivity index (χ1n) is 9.22. The first kappa shape index (κ1) is 18.2. The van der Waals surface area contributed by atoms with Crippen molar-refractivity contribution in [1.82, 2.24) is 10.2 Å². The Morgan fingerprint density at radius 3 is 2.42 bits per heavy atom. The molecule has 0 spiro atoms. The molecule has 136 valence electrons. The number of amides is 2. The number of carbonyl (C=O) groups is 2. The van der Waals surface area contributed by atoms with Crippen LogP contribution in [0, 0.1) is 6.92 Å². The van der Waals surface area contributed by atoms with Gasteiger partial charge in [-0.15, -0.1) is 0 Å². The van der Waals surface area contributed by atoms with Gasteiger partial charge in [-0.25, -0.2) is 0 Å². The normalized spacial score (nSPS) is 14.5. The number of rotatable bonds is 7. The molecule has 4 nitrogen and oxygen atoms in total. The average Bonchev–Trinajstić information content (AvgIpc) is 3.47. The molecule has 0 radical (unpaired) electrons. The standard InChI is InChI=1S/C22H26N2O2/c1-3-24(16-18-9-5-4-6-10-18)20(25)15-23-21(26)22(12-13-22)19-11-7-8-17(2)14-19/h4-11,14H,3,12-13,15-16H2,1-2H3,(H,23,26). The molecule has 0 saturated heterocycles. The van der Waals surface area contributed by atoms with Gasteiger partial charge in [-0.3, -0.25) is 9.59 Å². The number of carbonyl (C=O) groups excluding carboxylic acids is 2. The van der Waals surface area contributed by atoms with Crippen LogP contribution < -0.4 is 5.32 Å². The average molecular weight is 350 g/mol. The number of nitrogens with zero attached hydrogens (tertiary/aromatic N) is 1. The first-order chi connectivity index (χ1) is 12.5. The molecule has 2 amide bonds. The highest BCUT2D eigenvalue weighted by Gasteiger charge is 2.51. The third-order valence-electron chi connectivity index (χ3n) is 5.11. The fraction of sp³-hybridized carbons (Fsp3) is 0.364. The summed E-state index contributed by atoms with van der Waals surface area (Å²) in [6, 6.07) is 18.0. The number of hydrogen-bond acceptors (Lipinski definition) is 2. The van der Waals surface area contributed by atoms with Crippen molar-refractivity contribution in [2.45, 2.75) is 38.6 Å². The lowest BCUT2D eigenvalue weighted by atomic mass is 9.93. The molecular weight excluding hydrogens is 324 g/mol. The molecular formula is C22H26N2O2. The number of aryl methyl sites for hydroxylation is 1. The quantitative estimate of drug-likeness (QED) is 0.834. The van der Waals surface area contributed by atoms with Gasteiger partial charge >= 0.3 is 0 Å². The topological polar surface area (TPSA) is 49.4 Å². The van der Waals surface area contributed by atoms with Crippen LogP contribution in [0.5, 0.6) is 0 Å². The molecule has 0 bridgehead atoms. The highest BCUT2D eigenvalue weighted by atomic mass is 16.2. The molecule has 2 aromatic rings. The maximum atomic E-state index is 12.7. The van der Waals surface area contributed by atoms with E-state index in [9.17, 15) is 9.59 Å². The van der Waals surface area contributed by atoms with Crippen LogP contribution in [0.25, 0.3) is 0 Å². The lowest BCUT2D eigenvalue weighted by Crippen LogP contribution is -2.43. The van der Waals surface area contributed by atoms with Gasteiger partial charge in [0.1, 0.15) is 0 Å². The molecule has 0 heterocycles. The van der Waals surface area contributed by atoms with Crippen molar-refractivity contribution in [3.63, 3.8) is 0 Å². The summed E-state index contributed by atoms with van der Waals surface area (Å²) >= 11 is 0. The Kier molecular flexibility index (Phi) is 5.40. The summed E-state index contributed by atoms with van der Waals surface area (Å²) in [5, 5.41) is 2.87. The largest absolute Gasteiger partial charge is 0.346 e. The van der Waals surface area contributed by atoms with Gasteiger partial charge in [-0.1, -0.05) is 60.2 Å². The molecule has 4 heteroatoms. The maximum Gasteiger partial charge on any atom is 0.242 e. The fourth-order valence-electron chi connectivity index (χ4n) is 3.33. The third kappa shape index (κ3) is 3.96. The van der Waals surface area contributed by atoms with Crippen molar-refractivity contribution in [3.8, 4) is 0 Å². The molecule has 1 fully saturated rings. The van der Waals surface area contributed by atoms with Crippen molar-refractivity contribution in [2.24, 2.45) is 0 Å². The lowest BCUT2D eigenvalue weighted by Gasteiger charge is -2.22. The van der Waals surface area contributed by atoms with Crippen LogP contribution in [0.15, 0.2) is 54.6 Å². The summed E-state index contributed by atoms with van der Waals surface area (Å²) in [5.74, 6) is -0.0861. The smallest absolute Gasteiger partial charge is 0.242 e. The van der Waals surface area contributed by atoms with E-state index in [0.29, 0.717) is 13.1 Å². The molecule has 3 rings (SSSR count). The minimum absolute atomic E-state index is 0.0350. The van der Waals surface area contributed by atoms with E-state index in [-0.39, 0.29) is 18.4 Å². The predicted octanol–water partition coefficient (Wildman–Crippen LogP) is 3.19. The number of likely N-dealkylation sites (N-methyl/N-ethyl adjacent to an activating group) is 1. The Morgan fingerprint density at radius 1 is 1.08 bits per heavy atom. The Morgan fingerprint density at radius 2 is 1.81 bits per heavy atom. The zero-order valence-corrected chi connectivity index (χ0v) is 15.5. The molecule has 1 saturated carbocycles. The zero-order valence-electron chi connectivity index (χ0n) is 15.5. The SMILES string of the molecule is CCN(Cc1ccccc1)C(=O)CNC(=O)C1(c2cccc(C)c2)CC1. The van der Waals surface area contributed by atoms with E-state index in [1.54, 1.807) is 4.90 Å². The van der Waals surface area contributed by atoms with E-state index in [0.717, 1.165) is 29.5 Å². The van der Waals surface area contributed by atoms with Gasteiger partial charge in [0.05, 0.1) is 12.0 Å². The molecule has 26 heavy (non-hydrogen) atoms. The summed E-state index contributed by atoms with van der Waals surface area (Å²) in [6.07, 6.45) is 1.69. The summed E-state index contributed by atoms with van der Waals surface area (Å²) in [6.45, 7) is 5.22. The van der Waals surface area contributed by atoms with E-state index in [1.165, 1.54) is 0 Å². The van der Waals surface area contributed by atoms with Gasteiger partial charge in [0.25, 0.3) is 0 Å². The second-order valence-electron chi connectivity index (χ2n) is 7.03. The van der Waals surface area contributed by atoms with Gasteiger partial charge in [0.2, 0.25) is 11.8 Å². The van der Waals surface area contributed by atoms with Crippen molar-refractivity contribution < 1.29 is 9.59 Å². The van der Waals surface area contributed by atoms with E-state index in [1.807, 2.05) is 62.4 Å². The Labute approximate surface area is 155 Å². The van der Waals surface area contributed by atoms with Crippen molar-refractivity contribution in [2.75, 3.05) is 13.1 Å². The van der Waals surface area contributed by atoms with E-state index < -0.39 is 5.41 Å². The fourth-order valence-corrected chi connectivity index (χ4v) is 3.33. The Bertz CT molecular complexity index is 782.